The standard InChI is InChI=1S/C18H18F2N4O2/c1-4-21-24-11(2)14-10-13(6-8-17(14)26-3)22-18(25)23-16-7-5-12(19)9-15(16)20/h4-10,24H,2H2,1,3H3,(H2,22,23,25)/b21-4-. The van der Waals surface area contributed by atoms with Gasteiger partial charge >= 0.3 is 6.03 Å². The molecule has 0 bridgehead atoms. The maximum atomic E-state index is 13.6. The summed E-state index contributed by atoms with van der Waals surface area (Å²) in [5.41, 5.74) is 4.07. The van der Waals surface area contributed by atoms with Gasteiger partial charge in [0.15, 0.2) is 0 Å². The molecule has 0 saturated heterocycles. The second kappa shape index (κ2) is 8.61. The number of amides is 2. The second-order valence-corrected chi connectivity index (χ2v) is 5.10. The monoisotopic (exact) mass is 360 g/mol. The van der Waals surface area contributed by atoms with Gasteiger partial charge in [0.05, 0.1) is 18.5 Å². The van der Waals surface area contributed by atoms with Crippen LogP contribution in [-0.4, -0.2) is 19.4 Å². The van der Waals surface area contributed by atoms with Gasteiger partial charge in [-0.05, 0) is 37.3 Å². The van der Waals surface area contributed by atoms with Crippen LogP contribution in [0.15, 0.2) is 48.1 Å². The zero-order valence-electron chi connectivity index (χ0n) is 14.3. The summed E-state index contributed by atoms with van der Waals surface area (Å²) in [6.45, 7) is 5.61. The Kier molecular flexibility index (Phi) is 6.26. The van der Waals surface area contributed by atoms with E-state index in [1.165, 1.54) is 7.11 Å². The number of nitrogens with zero attached hydrogens (tertiary/aromatic N) is 1. The Labute approximate surface area is 149 Å². The topological polar surface area (TPSA) is 74.8 Å². The molecule has 0 atom stereocenters. The first-order chi connectivity index (χ1) is 12.4. The molecule has 26 heavy (non-hydrogen) atoms. The molecule has 0 fully saturated rings. The second-order valence-electron chi connectivity index (χ2n) is 5.10. The van der Waals surface area contributed by atoms with Crippen molar-refractivity contribution < 1.29 is 18.3 Å². The van der Waals surface area contributed by atoms with Crippen LogP contribution >= 0.6 is 0 Å². The molecule has 0 unspecified atom stereocenters. The van der Waals surface area contributed by atoms with Gasteiger partial charge in [-0.2, -0.15) is 5.10 Å². The minimum absolute atomic E-state index is 0.138. The molecule has 2 aromatic carbocycles. The fourth-order valence-corrected chi connectivity index (χ4v) is 2.10. The van der Waals surface area contributed by atoms with Crippen molar-refractivity contribution in [1.29, 1.82) is 0 Å². The highest BCUT2D eigenvalue weighted by atomic mass is 19.1. The van der Waals surface area contributed by atoms with Gasteiger partial charge in [-0.25, -0.2) is 13.6 Å². The number of urea groups is 1. The average Bonchev–Trinajstić information content (AvgIpc) is 2.62. The van der Waals surface area contributed by atoms with Crippen molar-refractivity contribution in [1.82, 2.24) is 5.43 Å². The van der Waals surface area contributed by atoms with Crippen molar-refractivity contribution in [2.45, 2.75) is 6.92 Å². The summed E-state index contributed by atoms with van der Waals surface area (Å²) >= 11 is 0. The van der Waals surface area contributed by atoms with Crippen LogP contribution in [0, 0.1) is 11.6 Å². The van der Waals surface area contributed by atoms with Crippen LogP contribution in [0.4, 0.5) is 25.0 Å². The normalized spacial score (nSPS) is 10.5. The third-order valence-electron chi connectivity index (χ3n) is 3.29. The number of anilines is 2. The molecule has 0 radical (unpaired) electrons. The summed E-state index contributed by atoms with van der Waals surface area (Å²) < 4.78 is 31.8. The van der Waals surface area contributed by atoms with Gasteiger partial charge in [-0.1, -0.05) is 6.58 Å². The Morgan fingerprint density at radius 3 is 2.62 bits per heavy atom. The predicted octanol–water partition coefficient (Wildman–Crippen LogP) is 4.18. The molecule has 0 heterocycles. The van der Waals surface area contributed by atoms with Gasteiger partial charge in [0.1, 0.15) is 17.4 Å². The zero-order valence-corrected chi connectivity index (χ0v) is 14.3. The Morgan fingerprint density at radius 2 is 1.96 bits per heavy atom. The van der Waals surface area contributed by atoms with E-state index in [1.807, 2.05) is 0 Å². The zero-order chi connectivity index (χ0) is 19.1. The molecule has 8 heteroatoms. The fraction of sp³-hybridized carbons (Fsp3) is 0.111. The molecular weight excluding hydrogens is 342 g/mol. The van der Waals surface area contributed by atoms with E-state index < -0.39 is 17.7 Å². The van der Waals surface area contributed by atoms with E-state index in [2.05, 4.69) is 27.7 Å². The number of nitrogens with one attached hydrogen (secondary N) is 3. The van der Waals surface area contributed by atoms with E-state index >= 15 is 0 Å². The highest BCUT2D eigenvalue weighted by Crippen LogP contribution is 2.27. The SMILES string of the molecule is C=C(N/N=C\C)c1cc(NC(=O)Nc2ccc(F)cc2F)ccc1OC. The van der Waals surface area contributed by atoms with Crippen molar-refractivity contribution >= 4 is 29.3 Å². The van der Waals surface area contributed by atoms with Gasteiger partial charge in [-0.15, -0.1) is 0 Å². The van der Waals surface area contributed by atoms with E-state index in [-0.39, 0.29) is 5.69 Å². The highest BCUT2D eigenvalue weighted by molar-refractivity contribution is 6.00. The lowest BCUT2D eigenvalue weighted by atomic mass is 10.1. The molecule has 2 amide bonds. The van der Waals surface area contributed by atoms with Gasteiger partial charge < -0.3 is 15.4 Å². The molecule has 2 aromatic rings. The minimum atomic E-state index is -0.870. The largest absolute Gasteiger partial charge is 0.496 e. The lowest BCUT2D eigenvalue weighted by molar-refractivity contribution is 0.262. The van der Waals surface area contributed by atoms with Gasteiger partial charge in [0.2, 0.25) is 0 Å². The number of ether oxygens (including phenoxy) is 1. The van der Waals surface area contributed by atoms with Crippen molar-refractivity contribution in [2.24, 2.45) is 5.10 Å². The molecule has 0 aliphatic carbocycles. The van der Waals surface area contributed by atoms with Crippen LogP contribution in [0.25, 0.3) is 5.70 Å². The molecular formula is C18H18F2N4O2. The summed E-state index contributed by atoms with van der Waals surface area (Å²) in [6, 6.07) is 7.07. The van der Waals surface area contributed by atoms with Crippen LogP contribution in [0.1, 0.15) is 12.5 Å². The van der Waals surface area contributed by atoms with Crippen LogP contribution in [-0.2, 0) is 0 Å². The first-order valence-electron chi connectivity index (χ1n) is 7.58. The number of rotatable bonds is 6. The molecule has 0 aromatic heterocycles. The molecule has 136 valence electrons. The third-order valence-corrected chi connectivity index (χ3v) is 3.29. The molecule has 6 nitrogen and oxygen atoms in total. The Bertz CT molecular complexity index is 853. The van der Waals surface area contributed by atoms with Gasteiger partial charge in [0, 0.05) is 23.5 Å². The highest BCUT2D eigenvalue weighted by Gasteiger charge is 2.11. The fourth-order valence-electron chi connectivity index (χ4n) is 2.10. The number of halogens is 2. The maximum Gasteiger partial charge on any atom is 0.323 e. The maximum absolute atomic E-state index is 13.6. The number of carbonyl (C=O) groups excluding carboxylic acids is 1. The lowest BCUT2D eigenvalue weighted by Crippen LogP contribution is -2.20. The smallest absolute Gasteiger partial charge is 0.323 e. The quantitative estimate of drug-likeness (QED) is 0.534. The van der Waals surface area contributed by atoms with Crippen LogP contribution in [0.2, 0.25) is 0 Å². The summed E-state index contributed by atoms with van der Waals surface area (Å²) in [4.78, 5) is 12.1. The van der Waals surface area contributed by atoms with E-state index in [4.69, 9.17) is 4.74 Å². The van der Waals surface area contributed by atoms with E-state index in [0.29, 0.717) is 28.8 Å². The van der Waals surface area contributed by atoms with Crippen molar-refractivity contribution in [3.63, 3.8) is 0 Å². The number of benzene rings is 2. The number of hydrogen-bond donors (Lipinski definition) is 3. The average molecular weight is 360 g/mol. The Morgan fingerprint density at radius 1 is 1.19 bits per heavy atom. The van der Waals surface area contributed by atoms with Crippen LogP contribution in [0.5, 0.6) is 5.75 Å². The summed E-state index contributed by atoms with van der Waals surface area (Å²) in [5, 5.41) is 8.76. The first-order valence-corrected chi connectivity index (χ1v) is 7.58. The van der Waals surface area contributed by atoms with E-state index in [1.54, 1.807) is 31.3 Å². The molecule has 0 spiro atoms. The van der Waals surface area contributed by atoms with Crippen LogP contribution in [0.3, 0.4) is 0 Å². The van der Waals surface area contributed by atoms with Crippen molar-refractivity contribution in [2.75, 3.05) is 17.7 Å². The number of methoxy groups -OCH3 is 1. The third kappa shape index (κ3) is 4.79. The Balaban J connectivity index is 2.15. The predicted molar refractivity (Wildman–Crippen MR) is 98.3 cm³/mol. The van der Waals surface area contributed by atoms with Crippen LogP contribution < -0.4 is 20.8 Å². The first kappa shape index (κ1) is 18.9. The molecule has 3 N–H and O–H groups in total. The number of hydrazone groups is 1. The van der Waals surface area contributed by atoms with Gasteiger partial charge in [0.25, 0.3) is 0 Å². The van der Waals surface area contributed by atoms with Crippen molar-refractivity contribution in [3.8, 4) is 5.75 Å². The van der Waals surface area contributed by atoms with Crippen molar-refractivity contribution in [3.05, 3.63) is 60.2 Å². The number of hydrogen-bond acceptors (Lipinski definition) is 4. The van der Waals surface area contributed by atoms with Gasteiger partial charge in [-0.3, -0.25) is 5.43 Å². The molecule has 2 rings (SSSR count). The molecule has 0 aliphatic heterocycles. The summed E-state index contributed by atoms with van der Waals surface area (Å²) in [7, 11) is 1.51. The van der Waals surface area contributed by atoms with E-state index in [0.717, 1.165) is 12.1 Å². The Hall–Kier alpha value is -3.42. The van der Waals surface area contributed by atoms with E-state index in [9.17, 15) is 13.6 Å². The molecule has 0 aliphatic rings. The summed E-state index contributed by atoms with van der Waals surface area (Å²) in [6.07, 6.45) is 1.56. The summed E-state index contributed by atoms with van der Waals surface area (Å²) in [5.74, 6) is -1.07. The minimum Gasteiger partial charge on any atom is -0.496 e. The molecule has 0 saturated carbocycles. The number of carbonyl (C=O) groups is 1. The lowest BCUT2D eigenvalue weighted by Gasteiger charge is -2.14.